The molecule has 0 aliphatic heterocycles. The molecule has 0 amide bonds. The standard InChI is InChI=1S/C12H14N4/c1-14-11-10(7-13)8-15-12(16-11)9-5-3-2-4-6-9/h2-6,8H,7,13H2,1H3,(H,14,15,16). The minimum absolute atomic E-state index is 0.436. The Bertz CT molecular complexity index is 468. The largest absolute Gasteiger partial charge is 0.373 e. The van der Waals surface area contributed by atoms with Crippen LogP contribution in [-0.2, 0) is 6.54 Å². The highest BCUT2D eigenvalue weighted by atomic mass is 15.0. The van der Waals surface area contributed by atoms with Gasteiger partial charge in [-0.1, -0.05) is 30.3 Å². The monoisotopic (exact) mass is 214 g/mol. The number of nitrogens with one attached hydrogen (secondary N) is 1. The summed E-state index contributed by atoms with van der Waals surface area (Å²) in [7, 11) is 1.83. The number of aromatic nitrogens is 2. The quantitative estimate of drug-likeness (QED) is 0.815. The van der Waals surface area contributed by atoms with Crippen LogP contribution in [0.25, 0.3) is 11.4 Å². The molecule has 2 aromatic rings. The van der Waals surface area contributed by atoms with Crippen molar-refractivity contribution in [1.29, 1.82) is 0 Å². The van der Waals surface area contributed by atoms with E-state index < -0.39 is 0 Å². The van der Waals surface area contributed by atoms with Crippen molar-refractivity contribution < 1.29 is 0 Å². The van der Waals surface area contributed by atoms with Gasteiger partial charge in [0.05, 0.1) is 0 Å². The van der Waals surface area contributed by atoms with Gasteiger partial charge in [-0.2, -0.15) is 0 Å². The van der Waals surface area contributed by atoms with Crippen molar-refractivity contribution >= 4 is 5.82 Å². The van der Waals surface area contributed by atoms with Gasteiger partial charge >= 0.3 is 0 Å². The van der Waals surface area contributed by atoms with Gasteiger partial charge in [0.15, 0.2) is 5.82 Å². The SMILES string of the molecule is CNc1nc(-c2ccccc2)ncc1CN. The van der Waals surface area contributed by atoms with E-state index in [0.717, 1.165) is 16.9 Å². The zero-order chi connectivity index (χ0) is 11.4. The van der Waals surface area contributed by atoms with Crippen molar-refractivity contribution in [3.8, 4) is 11.4 Å². The van der Waals surface area contributed by atoms with E-state index in [-0.39, 0.29) is 0 Å². The Morgan fingerprint density at radius 1 is 1.25 bits per heavy atom. The summed E-state index contributed by atoms with van der Waals surface area (Å²) in [5, 5.41) is 3.03. The maximum atomic E-state index is 5.59. The van der Waals surface area contributed by atoms with E-state index in [4.69, 9.17) is 5.73 Å². The van der Waals surface area contributed by atoms with Crippen LogP contribution < -0.4 is 11.1 Å². The van der Waals surface area contributed by atoms with Crippen molar-refractivity contribution in [3.63, 3.8) is 0 Å². The lowest BCUT2D eigenvalue weighted by Crippen LogP contribution is -2.06. The summed E-state index contributed by atoms with van der Waals surface area (Å²) in [6, 6.07) is 9.87. The first-order valence-electron chi connectivity index (χ1n) is 5.14. The average molecular weight is 214 g/mol. The van der Waals surface area contributed by atoms with E-state index in [0.29, 0.717) is 12.4 Å². The molecule has 1 aromatic heterocycles. The van der Waals surface area contributed by atoms with Crippen molar-refractivity contribution in [1.82, 2.24) is 9.97 Å². The Hall–Kier alpha value is -1.94. The van der Waals surface area contributed by atoms with Crippen LogP contribution in [-0.4, -0.2) is 17.0 Å². The van der Waals surface area contributed by atoms with Crippen LogP contribution in [0.4, 0.5) is 5.82 Å². The van der Waals surface area contributed by atoms with Gasteiger partial charge in [0.1, 0.15) is 5.82 Å². The molecule has 0 unspecified atom stereocenters. The number of anilines is 1. The van der Waals surface area contributed by atoms with Gasteiger partial charge in [-0.15, -0.1) is 0 Å². The van der Waals surface area contributed by atoms with E-state index in [1.54, 1.807) is 6.20 Å². The second kappa shape index (κ2) is 4.72. The zero-order valence-electron chi connectivity index (χ0n) is 9.14. The molecule has 0 radical (unpaired) electrons. The molecule has 0 atom stereocenters. The maximum Gasteiger partial charge on any atom is 0.161 e. The average Bonchev–Trinajstić information content (AvgIpc) is 2.39. The van der Waals surface area contributed by atoms with E-state index in [9.17, 15) is 0 Å². The lowest BCUT2D eigenvalue weighted by Gasteiger charge is -2.07. The molecular weight excluding hydrogens is 200 g/mol. The zero-order valence-corrected chi connectivity index (χ0v) is 9.14. The predicted octanol–water partition coefficient (Wildman–Crippen LogP) is 1.64. The molecule has 0 spiro atoms. The molecule has 82 valence electrons. The molecule has 3 N–H and O–H groups in total. The van der Waals surface area contributed by atoms with Crippen LogP contribution >= 0.6 is 0 Å². The Labute approximate surface area is 94.5 Å². The van der Waals surface area contributed by atoms with Crippen LogP contribution in [0.3, 0.4) is 0 Å². The van der Waals surface area contributed by atoms with E-state index in [1.165, 1.54) is 0 Å². The lowest BCUT2D eigenvalue weighted by atomic mass is 10.2. The predicted molar refractivity (Wildman–Crippen MR) is 64.9 cm³/mol. The van der Waals surface area contributed by atoms with E-state index in [2.05, 4.69) is 15.3 Å². The number of hydrogen-bond acceptors (Lipinski definition) is 4. The first-order chi connectivity index (χ1) is 7.85. The Morgan fingerprint density at radius 3 is 2.62 bits per heavy atom. The second-order valence-electron chi connectivity index (χ2n) is 3.39. The molecule has 0 saturated heterocycles. The normalized spacial score (nSPS) is 10.1. The molecule has 4 nitrogen and oxygen atoms in total. The van der Waals surface area contributed by atoms with E-state index in [1.807, 2.05) is 37.4 Å². The highest BCUT2D eigenvalue weighted by Crippen LogP contribution is 2.18. The number of nitrogens with two attached hydrogens (primary N) is 1. The van der Waals surface area contributed by atoms with Gasteiger partial charge in [-0.3, -0.25) is 0 Å². The van der Waals surface area contributed by atoms with Crippen LogP contribution in [0.5, 0.6) is 0 Å². The summed E-state index contributed by atoms with van der Waals surface area (Å²) in [5.41, 5.74) is 7.52. The summed E-state index contributed by atoms with van der Waals surface area (Å²) in [6.07, 6.45) is 1.77. The third kappa shape index (κ3) is 2.01. The Morgan fingerprint density at radius 2 is 2.00 bits per heavy atom. The molecule has 1 aromatic carbocycles. The molecule has 1 heterocycles. The topological polar surface area (TPSA) is 63.8 Å². The minimum atomic E-state index is 0.436. The first-order valence-corrected chi connectivity index (χ1v) is 5.14. The van der Waals surface area contributed by atoms with Gasteiger partial charge in [0.2, 0.25) is 0 Å². The minimum Gasteiger partial charge on any atom is -0.373 e. The molecule has 0 fully saturated rings. The maximum absolute atomic E-state index is 5.59. The third-order valence-electron chi connectivity index (χ3n) is 2.35. The summed E-state index contributed by atoms with van der Waals surface area (Å²) in [4.78, 5) is 8.73. The fourth-order valence-electron chi connectivity index (χ4n) is 1.50. The molecular formula is C12H14N4. The first kappa shape index (κ1) is 10.6. The molecule has 4 heteroatoms. The van der Waals surface area contributed by atoms with E-state index >= 15 is 0 Å². The fraction of sp³-hybridized carbons (Fsp3) is 0.167. The number of hydrogen-bond donors (Lipinski definition) is 2. The summed E-state index contributed by atoms with van der Waals surface area (Å²) in [6.45, 7) is 0.436. The van der Waals surface area contributed by atoms with Gasteiger partial charge in [-0.05, 0) is 0 Å². The van der Waals surface area contributed by atoms with Gasteiger partial charge in [0, 0.05) is 30.9 Å². The Kier molecular flexibility index (Phi) is 3.12. The van der Waals surface area contributed by atoms with Crippen molar-refractivity contribution in [3.05, 3.63) is 42.1 Å². The highest BCUT2D eigenvalue weighted by Gasteiger charge is 2.05. The summed E-state index contributed by atoms with van der Waals surface area (Å²) >= 11 is 0. The van der Waals surface area contributed by atoms with Gasteiger partial charge in [-0.25, -0.2) is 9.97 Å². The number of rotatable bonds is 3. The van der Waals surface area contributed by atoms with Crippen LogP contribution in [0.1, 0.15) is 5.56 Å². The molecule has 0 aliphatic carbocycles. The number of nitrogens with zero attached hydrogens (tertiary/aromatic N) is 2. The highest BCUT2D eigenvalue weighted by molar-refractivity contribution is 5.58. The van der Waals surface area contributed by atoms with Crippen LogP contribution in [0.2, 0.25) is 0 Å². The van der Waals surface area contributed by atoms with Gasteiger partial charge < -0.3 is 11.1 Å². The third-order valence-corrected chi connectivity index (χ3v) is 2.35. The van der Waals surface area contributed by atoms with Gasteiger partial charge in [0.25, 0.3) is 0 Å². The summed E-state index contributed by atoms with van der Waals surface area (Å²) < 4.78 is 0. The second-order valence-corrected chi connectivity index (χ2v) is 3.39. The smallest absolute Gasteiger partial charge is 0.161 e. The summed E-state index contributed by atoms with van der Waals surface area (Å²) in [5.74, 6) is 1.50. The van der Waals surface area contributed by atoms with Crippen molar-refractivity contribution in [2.24, 2.45) is 5.73 Å². The fourth-order valence-corrected chi connectivity index (χ4v) is 1.50. The Balaban J connectivity index is 2.44. The lowest BCUT2D eigenvalue weighted by molar-refractivity contribution is 1.01. The van der Waals surface area contributed by atoms with Crippen molar-refractivity contribution in [2.45, 2.75) is 6.54 Å². The number of benzene rings is 1. The molecule has 0 bridgehead atoms. The molecule has 0 aliphatic rings. The molecule has 2 rings (SSSR count). The van der Waals surface area contributed by atoms with Crippen LogP contribution in [0.15, 0.2) is 36.5 Å². The molecule has 16 heavy (non-hydrogen) atoms. The molecule has 0 saturated carbocycles. The van der Waals surface area contributed by atoms with Crippen LogP contribution in [0, 0.1) is 0 Å². The van der Waals surface area contributed by atoms with Crippen molar-refractivity contribution in [2.75, 3.05) is 12.4 Å².